The number of aromatic hydroxyl groups is 3. The van der Waals surface area contributed by atoms with Gasteiger partial charge in [-0.05, 0) is 22.8 Å². The van der Waals surface area contributed by atoms with Crippen molar-refractivity contribution < 1.29 is 38.8 Å². The van der Waals surface area contributed by atoms with E-state index in [-0.39, 0.29) is 54.8 Å². The Bertz CT molecular complexity index is 1360. The topological polar surface area (TPSA) is 152 Å². The van der Waals surface area contributed by atoms with E-state index in [1.165, 1.54) is 11.9 Å². The molecule has 2 aliphatic heterocycles. The van der Waals surface area contributed by atoms with Gasteiger partial charge >= 0.3 is 0 Å². The molecule has 0 aromatic heterocycles. The number of fused-ring (bicyclic) bond motifs is 1. The molecule has 1 saturated heterocycles. The summed E-state index contributed by atoms with van der Waals surface area (Å²) < 4.78 is 21.0. The Kier molecular flexibility index (Phi) is 9.18. The fourth-order valence-electron chi connectivity index (χ4n) is 5.68. The number of carbonyl (C=O) groups excluding carboxylic acids is 3. The molecule has 11 nitrogen and oxygen atoms in total. The minimum Gasteiger partial charge on any atom is -0.509 e. The van der Waals surface area contributed by atoms with Gasteiger partial charge in [0.05, 0.1) is 18.8 Å². The normalized spacial score (nSPS) is 16.0. The Hall–Kier alpha value is -3.71. The molecule has 0 spiro atoms. The zero-order valence-corrected chi connectivity index (χ0v) is 23.8. The number of hydrogen-bond donors (Lipinski definition) is 5. The first kappa shape index (κ1) is 30.3. The molecule has 2 aromatic rings. The van der Waals surface area contributed by atoms with Crippen molar-refractivity contribution >= 4 is 63.7 Å². The lowest BCUT2D eigenvalue weighted by molar-refractivity contribution is -0.125. The van der Waals surface area contributed by atoms with Crippen molar-refractivity contribution in [2.75, 3.05) is 38.7 Å². The third-order valence-electron chi connectivity index (χ3n) is 8.12. The van der Waals surface area contributed by atoms with Gasteiger partial charge in [-0.2, -0.15) is 0 Å². The van der Waals surface area contributed by atoms with Gasteiger partial charge in [0.1, 0.15) is 47.4 Å². The number of aldehydes is 1. The maximum absolute atomic E-state index is 15.6. The van der Waals surface area contributed by atoms with E-state index in [0.717, 1.165) is 0 Å². The monoisotopic (exact) mass is 566 g/mol. The minimum absolute atomic E-state index is 0.0205. The molecule has 15 heteroatoms. The van der Waals surface area contributed by atoms with E-state index in [1.807, 2.05) is 4.90 Å². The number of phenols is 3. The third kappa shape index (κ3) is 5.60. The summed E-state index contributed by atoms with van der Waals surface area (Å²) >= 11 is 0. The Morgan fingerprint density at radius 1 is 1.07 bits per heavy atom. The number of morpholine rings is 1. The first-order chi connectivity index (χ1) is 19.5. The highest BCUT2D eigenvalue weighted by molar-refractivity contribution is 6.46. The van der Waals surface area contributed by atoms with E-state index in [0.29, 0.717) is 60.3 Å². The average molecular weight is 566 g/mol. The molecule has 2 amide bonds. The number of phenolic OH excluding ortho intramolecular Hbond substituents is 3. The lowest BCUT2D eigenvalue weighted by Gasteiger charge is -2.28. The van der Waals surface area contributed by atoms with Crippen LogP contribution in [0.2, 0.25) is 0 Å². The van der Waals surface area contributed by atoms with E-state index >= 15 is 4.39 Å². The second-order valence-electron chi connectivity index (χ2n) is 10.5. The maximum Gasteiger partial charge on any atom is 0.254 e. The summed E-state index contributed by atoms with van der Waals surface area (Å²) in [4.78, 5) is 40.5. The van der Waals surface area contributed by atoms with Crippen LogP contribution in [0.3, 0.4) is 0 Å². The second-order valence-corrected chi connectivity index (χ2v) is 10.5. The summed E-state index contributed by atoms with van der Waals surface area (Å²) in [5.41, 5.74) is 2.19. The highest BCUT2D eigenvalue weighted by Crippen LogP contribution is 2.36. The largest absolute Gasteiger partial charge is 0.509 e. The number of amides is 2. The smallest absolute Gasteiger partial charge is 0.254 e. The standard InChI is InChI=1S/C26H34B3FN4O7/c1-31-25(39)15(3-2-6-35)34-11-13-16(26(34)40)18(28)24(38)19(29)21(13)32-9-12-20(30)17(27)14(23(37)22(12)36)10-33-4-7-41-8-5-33/h6,15,32,36-38H,2-5,7-11,27-29H2,1H3,(H,31,39). The summed E-state index contributed by atoms with van der Waals surface area (Å²) in [7, 11) is 6.24. The fourth-order valence-corrected chi connectivity index (χ4v) is 5.68. The van der Waals surface area contributed by atoms with Gasteiger partial charge in [0.25, 0.3) is 5.91 Å². The number of hydrogen-bond acceptors (Lipinski definition) is 9. The Labute approximate surface area is 240 Å². The SMILES string of the molecule is Bc1c(F)c(CNc2c(B)c(O)c(B)c3c2CN(C(CCC=O)C(=O)NC)C3=O)c(O)c(O)c1CN1CCOCC1. The first-order valence-electron chi connectivity index (χ1n) is 13.6. The van der Waals surface area contributed by atoms with Crippen molar-refractivity contribution in [1.29, 1.82) is 0 Å². The molecule has 0 aliphatic carbocycles. The number of ether oxygens (including phenoxy) is 1. The van der Waals surface area contributed by atoms with E-state index in [9.17, 15) is 29.7 Å². The van der Waals surface area contributed by atoms with Crippen LogP contribution in [0, 0.1) is 5.82 Å². The number of nitrogens with one attached hydrogen (secondary N) is 2. The third-order valence-corrected chi connectivity index (χ3v) is 8.12. The summed E-state index contributed by atoms with van der Waals surface area (Å²) in [6.45, 7) is 2.33. The van der Waals surface area contributed by atoms with Gasteiger partial charge in [-0.3, -0.25) is 14.5 Å². The summed E-state index contributed by atoms with van der Waals surface area (Å²) in [6.07, 6.45) is 0.891. The molecule has 41 heavy (non-hydrogen) atoms. The van der Waals surface area contributed by atoms with Crippen molar-refractivity contribution in [3.05, 3.63) is 28.1 Å². The molecule has 1 unspecified atom stereocenters. The van der Waals surface area contributed by atoms with Crippen LogP contribution >= 0.6 is 0 Å². The van der Waals surface area contributed by atoms with E-state index < -0.39 is 35.2 Å². The van der Waals surface area contributed by atoms with Crippen LogP contribution in [-0.4, -0.2) is 106 Å². The molecule has 216 valence electrons. The Morgan fingerprint density at radius 2 is 1.73 bits per heavy atom. The number of anilines is 1. The van der Waals surface area contributed by atoms with Gasteiger partial charge in [-0.25, -0.2) is 4.39 Å². The number of carbonyl (C=O) groups is 3. The van der Waals surface area contributed by atoms with Crippen LogP contribution in [0.15, 0.2) is 0 Å². The quantitative estimate of drug-likeness (QED) is 0.111. The first-order valence-corrected chi connectivity index (χ1v) is 13.6. The predicted octanol–water partition coefficient (Wildman–Crippen LogP) is -3.79. The van der Waals surface area contributed by atoms with Crippen molar-refractivity contribution in [3.63, 3.8) is 0 Å². The number of rotatable bonds is 10. The molecule has 1 atom stereocenters. The molecule has 0 radical (unpaired) electrons. The Morgan fingerprint density at radius 3 is 2.37 bits per heavy atom. The van der Waals surface area contributed by atoms with Crippen molar-refractivity contribution in [2.45, 2.75) is 38.5 Å². The molecular formula is C26H34B3FN4O7. The number of benzene rings is 2. The van der Waals surface area contributed by atoms with Gasteiger partial charge in [-0.15, -0.1) is 0 Å². The molecule has 5 N–H and O–H groups in total. The molecule has 1 fully saturated rings. The highest BCUT2D eigenvalue weighted by Gasteiger charge is 2.39. The van der Waals surface area contributed by atoms with E-state index in [2.05, 4.69) is 10.6 Å². The van der Waals surface area contributed by atoms with Gasteiger partial charge < -0.3 is 40.4 Å². The number of halogens is 1. The fraction of sp³-hybridized carbons (Fsp3) is 0.423. The molecular weight excluding hydrogens is 532 g/mol. The van der Waals surface area contributed by atoms with Crippen molar-refractivity contribution in [2.24, 2.45) is 0 Å². The van der Waals surface area contributed by atoms with Crippen LogP contribution in [0.5, 0.6) is 17.2 Å². The second kappa shape index (κ2) is 12.4. The van der Waals surface area contributed by atoms with Crippen molar-refractivity contribution in [3.8, 4) is 17.2 Å². The molecule has 2 aliphatic rings. The van der Waals surface area contributed by atoms with Gasteiger partial charge in [0.15, 0.2) is 11.5 Å². The number of nitrogens with zero attached hydrogens (tertiary/aromatic N) is 2. The van der Waals surface area contributed by atoms with Crippen LogP contribution < -0.4 is 27.0 Å². The van der Waals surface area contributed by atoms with Crippen molar-refractivity contribution in [1.82, 2.24) is 15.1 Å². The minimum atomic E-state index is -0.903. The Balaban J connectivity index is 1.67. The zero-order chi connectivity index (χ0) is 30.0. The van der Waals surface area contributed by atoms with Gasteiger partial charge in [0, 0.05) is 68.6 Å². The summed E-state index contributed by atoms with van der Waals surface area (Å²) in [5.74, 6) is -2.67. The van der Waals surface area contributed by atoms with E-state index in [4.69, 9.17) is 4.74 Å². The maximum atomic E-state index is 15.6. The van der Waals surface area contributed by atoms with Crippen LogP contribution in [0.25, 0.3) is 0 Å². The lowest BCUT2D eigenvalue weighted by Crippen LogP contribution is -2.46. The summed E-state index contributed by atoms with van der Waals surface area (Å²) in [6, 6.07) is -0.903. The average Bonchev–Trinajstić information content (AvgIpc) is 3.31. The predicted molar refractivity (Wildman–Crippen MR) is 159 cm³/mol. The van der Waals surface area contributed by atoms with Gasteiger partial charge in [0.2, 0.25) is 5.91 Å². The van der Waals surface area contributed by atoms with Crippen LogP contribution in [0.4, 0.5) is 10.1 Å². The van der Waals surface area contributed by atoms with E-state index in [1.54, 1.807) is 23.5 Å². The highest BCUT2D eigenvalue weighted by atomic mass is 19.1. The molecule has 4 rings (SSSR count). The lowest BCUT2D eigenvalue weighted by atomic mass is 9.79. The molecule has 0 bridgehead atoms. The van der Waals surface area contributed by atoms with Crippen LogP contribution in [0.1, 0.15) is 39.9 Å². The number of likely N-dealkylation sites (N-methyl/N-ethyl adjacent to an activating group) is 1. The summed E-state index contributed by atoms with van der Waals surface area (Å²) in [5, 5.41) is 38.1. The zero-order valence-electron chi connectivity index (χ0n) is 23.8. The van der Waals surface area contributed by atoms with Gasteiger partial charge in [-0.1, -0.05) is 0 Å². The molecule has 2 aromatic carbocycles. The van der Waals surface area contributed by atoms with Crippen LogP contribution in [-0.2, 0) is 34.0 Å². The molecule has 0 saturated carbocycles. The molecule has 2 heterocycles.